The van der Waals surface area contributed by atoms with Crippen LogP contribution in [0.4, 0.5) is 11.4 Å². The summed E-state index contributed by atoms with van der Waals surface area (Å²) in [6.45, 7) is 11.9. The molecular formula is C47H39N3O4. The lowest BCUT2D eigenvalue weighted by molar-refractivity contribution is 0.0924. The van der Waals surface area contributed by atoms with Crippen molar-refractivity contribution in [3.05, 3.63) is 159 Å². The predicted octanol–water partition coefficient (Wildman–Crippen LogP) is 10.2. The number of rotatable bonds is 6. The quantitative estimate of drug-likeness (QED) is 0.127. The van der Waals surface area contributed by atoms with Crippen molar-refractivity contribution in [3.8, 4) is 16.8 Å². The van der Waals surface area contributed by atoms with Gasteiger partial charge in [-0.15, -0.1) is 0 Å². The Balaban J connectivity index is 1.30. The third-order valence-electron chi connectivity index (χ3n) is 10.7. The number of para-hydroxylation sites is 1. The number of carbonyl (C=O) groups is 4. The van der Waals surface area contributed by atoms with Crippen LogP contribution in [0, 0.1) is 41.5 Å². The summed E-state index contributed by atoms with van der Waals surface area (Å²) in [5.74, 6) is -0.977. The van der Waals surface area contributed by atoms with Crippen LogP contribution < -0.4 is 9.80 Å². The molecule has 2 heterocycles. The summed E-state index contributed by atoms with van der Waals surface area (Å²) in [4.78, 5) is 58.3. The highest BCUT2D eigenvalue weighted by Gasteiger charge is 2.40. The first kappa shape index (κ1) is 34.5. The first-order valence-corrected chi connectivity index (χ1v) is 18.0. The van der Waals surface area contributed by atoms with Crippen LogP contribution in [0.1, 0.15) is 74.8 Å². The third-order valence-corrected chi connectivity index (χ3v) is 10.7. The van der Waals surface area contributed by atoms with Gasteiger partial charge < -0.3 is 9.47 Å². The fourth-order valence-corrected chi connectivity index (χ4v) is 8.70. The number of hydrogen-bond acceptors (Lipinski definition) is 4. The van der Waals surface area contributed by atoms with Crippen molar-refractivity contribution >= 4 is 57.2 Å². The molecule has 1 aliphatic heterocycles. The first-order chi connectivity index (χ1) is 25.9. The molecule has 0 aliphatic carbocycles. The number of hydrogen-bond donors (Lipinski definition) is 0. The van der Waals surface area contributed by atoms with Gasteiger partial charge in [-0.3, -0.25) is 19.2 Å². The number of imide groups is 1. The van der Waals surface area contributed by atoms with Gasteiger partial charge in [-0.25, -0.2) is 4.90 Å². The van der Waals surface area contributed by atoms with E-state index in [2.05, 4.69) is 12.1 Å². The number of aryl methyl sites for hydroxylation is 6. The van der Waals surface area contributed by atoms with E-state index in [1.54, 1.807) is 30.1 Å². The van der Waals surface area contributed by atoms with E-state index in [-0.39, 0.29) is 17.7 Å². The Kier molecular flexibility index (Phi) is 8.18. The summed E-state index contributed by atoms with van der Waals surface area (Å²) in [5.41, 5.74) is 12.3. The zero-order valence-corrected chi connectivity index (χ0v) is 31.4. The molecule has 0 atom stereocenters. The van der Waals surface area contributed by atoms with Gasteiger partial charge in [0.15, 0.2) is 6.29 Å². The van der Waals surface area contributed by atoms with Gasteiger partial charge in [0.1, 0.15) is 0 Å². The molecule has 0 saturated carbocycles. The van der Waals surface area contributed by atoms with Gasteiger partial charge in [-0.1, -0.05) is 83.9 Å². The lowest BCUT2D eigenvalue weighted by Gasteiger charge is -2.25. The number of benzene rings is 6. The summed E-state index contributed by atoms with van der Waals surface area (Å²) in [6, 6.07) is 32.8. The molecule has 0 saturated heterocycles. The zero-order chi connectivity index (χ0) is 38.2. The molecule has 1 aromatic heterocycles. The minimum Gasteiger partial charge on any atom is -0.311 e. The van der Waals surface area contributed by atoms with Crippen LogP contribution in [0.3, 0.4) is 0 Å². The molecule has 0 radical (unpaired) electrons. The lowest BCUT2D eigenvalue weighted by Crippen LogP contribution is -2.31. The van der Waals surface area contributed by atoms with Crippen molar-refractivity contribution in [1.29, 1.82) is 0 Å². The smallest absolute Gasteiger partial charge is 0.266 e. The molecule has 0 N–H and O–H groups in total. The maximum absolute atomic E-state index is 14.6. The molecule has 0 bridgehead atoms. The monoisotopic (exact) mass is 709 g/mol. The molecule has 7 nitrogen and oxygen atoms in total. The zero-order valence-electron chi connectivity index (χ0n) is 31.4. The van der Waals surface area contributed by atoms with Crippen molar-refractivity contribution in [2.45, 2.75) is 41.5 Å². The maximum Gasteiger partial charge on any atom is 0.266 e. The van der Waals surface area contributed by atoms with E-state index in [1.165, 1.54) is 4.90 Å². The average Bonchev–Trinajstić information content (AvgIpc) is 3.60. The van der Waals surface area contributed by atoms with E-state index in [0.717, 1.165) is 72.7 Å². The molecule has 266 valence electrons. The van der Waals surface area contributed by atoms with Crippen molar-refractivity contribution < 1.29 is 19.2 Å². The molecule has 3 amide bonds. The average molecular weight is 710 g/mol. The Morgan fingerprint density at radius 2 is 1.24 bits per heavy atom. The Labute approximate surface area is 314 Å². The van der Waals surface area contributed by atoms with Gasteiger partial charge in [0.25, 0.3) is 17.7 Å². The van der Waals surface area contributed by atoms with E-state index >= 15 is 0 Å². The van der Waals surface area contributed by atoms with Gasteiger partial charge >= 0.3 is 0 Å². The number of fused-ring (bicyclic) bond motifs is 4. The lowest BCUT2D eigenvalue weighted by atomic mass is 9.95. The van der Waals surface area contributed by atoms with Crippen molar-refractivity contribution in [3.63, 3.8) is 0 Å². The highest BCUT2D eigenvalue weighted by molar-refractivity contribution is 6.36. The first-order valence-electron chi connectivity index (χ1n) is 18.0. The molecule has 1 aliphatic rings. The number of anilines is 2. The van der Waals surface area contributed by atoms with Crippen LogP contribution in [0.5, 0.6) is 0 Å². The highest BCUT2D eigenvalue weighted by atomic mass is 16.2. The van der Waals surface area contributed by atoms with Crippen molar-refractivity contribution in [1.82, 2.24) is 4.57 Å². The second-order valence-electron chi connectivity index (χ2n) is 14.5. The molecule has 7 heteroatoms. The van der Waals surface area contributed by atoms with E-state index in [9.17, 15) is 19.2 Å². The fraction of sp³-hybridized carbons (Fsp3) is 0.149. The normalized spacial score (nSPS) is 12.5. The largest absolute Gasteiger partial charge is 0.311 e. The second kappa shape index (κ2) is 12.8. The van der Waals surface area contributed by atoms with Gasteiger partial charge in [0.2, 0.25) is 0 Å². The Hall–Kier alpha value is -6.60. The van der Waals surface area contributed by atoms with Crippen LogP contribution in [0.15, 0.2) is 103 Å². The van der Waals surface area contributed by atoms with Gasteiger partial charge in [0, 0.05) is 29.1 Å². The molecule has 7 aromatic rings. The Bertz CT molecular complexity index is 2740. The summed E-state index contributed by atoms with van der Waals surface area (Å²) < 4.78 is 2.03. The number of nitrogens with zero attached hydrogens (tertiary/aromatic N) is 3. The minimum atomic E-state index is -0.347. The summed E-state index contributed by atoms with van der Waals surface area (Å²) >= 11 is 0. The number of amides is 3. The number of carbonyl (C=O) groups excluding carboxylic acids is 4. The molecule has 0 fully saturated rings. The van der Waals surface area contributed by atoms with Crippen LogP contribution in [0.25, 0.3) is 38.6 Å². The highest BCUT2D eigenvalue weighted by Crippen LogP contribution is 2.41. The second-order valence-corrected chi connectivity index (χ2v) is 14.5. The molecule has 0 spiro atoms. The topological polar surface area (TPSA) is 79.7 Å². The van der Waals surface area contributed by atoms with Gasteiger partial charge in [0.05, 0.1) is 39.1 Å². The number of aromatic nitrogens is 1. The fourth-order valence-electron chi connectivity index (χ4n) is 8.70. The molecule has 54 heavy (non-hydrogen) atoms. The minimum absolute atomic E-state index is 0.293. The molecule has 0 unspecified atom stereocenters. The number of aldehydes is 1. The van der Waals surface area contributed by atoms with Crippen LogP contribution in [-0.2, 0) is 0 Å². The Morgan fingerprint density at radius 1 is 0.630 bits per heavy atom. The summed E-state index contributed by atoms with van der Waals surface area (Å²) in [5, 5.41) is 1.83. The third kappa shape index (κ3) is 5.18. The van der Waals surface area contributed by atoms with Crippen LogP contribution >= 0.6 is 0 Å². The van der Waals surface area contributed by atoms with Gasteiger partial charge in [-0.2, -0.15) is 0 Å². The summed E-state index contributed by atoms with van der Waals surface area (Å²) in [7, 11) is 1.75. The van der Waals surface area contributed by atoms with Crippen LogP contribution in [0.2, 0.25) is 0 Å². The Morgan fingerprint density at radius 3 is 1.93 bits per heavy atom. The van der Waals surface area contributed by atoms with E-state index in [1.807, 2.05) is 119 Å². The van der Waals surface area contributed by atoms with E-state index in [0.29, 0.717) is 39.2 Å². The van der Waals surface area contributed by atoms with Crippen molar-refractivity contribution in [2.24, 2.45) is 0 Å². The van der Waals surface area contributed by atoms with E-state index < -0.39 is 0 Å². The summed E-state index contributed by atoms with van der Waals surface area (Å²) in [6.07, 6.45) is 0.739. The standard InChI is InChI=1S/C47H39N3O4/c1-26-20-28(3)43(29(4)21-26)48(7)46(53)41-33(25-51)12-10-17-40(41)49-38-16-9-8-13-35(38)37-24-32(18-19-39(37)49)34-14-11-15-36-42(34)47(54)50(45(36)52)44-30(5)22-27(2)23-31(44)6/h8-25H,1-7H3. The van der Waals surface area contributed by atoms with Gasteiger partial charge in [-0.05, 0) is 105 Å². The van der Waals surface area contributed by atoms with E-state index in [4.69, 9.17) is 0 Å². The maximum atomic E-state index is 14.6. The van der Waals surface area contributed by atoms with Crippen molar-refractivity contribution in [2.75, 3.05) is 16.8 Å². The van der Waals surface area contributed by atoms with Crippen LogP contribution in [-0.4, -0.2) is 35.6 Å². The molecule has 8 rings (SSSR count). The SMILES string of the molecule is Cc1cc(C)c(N(C)C(=O)c2c(C=O)cccc2-n2c3ccccc3c3cc(-c4cccc5c4C(=O)N(c4c(C)cc(C)cc4C)C5=O)ccc32)c(C)c1. The molecular weight excluding hydrogens is 671 g/mol. The predicted molar refractivity (Wildman–Crippen MR) is 217 cm³/mol. The molecule has 6 aromatic carbocycles.